The lowest BCUT2D eigenvalue weighted by Gasteiger charge is -2.47. The van der Waals surface area contributed by atoms with Crippen LogP contribution in [-0.4, -0.2) is 72.4 Å². The lowest BCUT2D eigenvalue weighted by molar-refractivity contribution is -0.0841. The van der Waals surface area contributed by atoms with Crippen molar-refractivity contribution in [2.45, 2.75) is 76.4 Å². The second-order valence-electron chi connectivity index (χ2n) is 14.1. The first-order chi connectivity index (χ1) is 22.2. The summed E-state index contributed by atoms with van der Waals surface area (Å²) in [6.45, 7) is 8.55. The molecule has 3 aromatic carbocycles. The van der Waals surface area contributed by atoms with Gasteiger partial charge in [-0.05, 0) is 87.1 Å². The summed E-state index contributed by atoms with van der Waals surface area (Å²) in [6.07, 6.45) is 7.12. The van der Waals surface area contributed by atoms with E-state index >= 15 is 0 Å². The fraction of sp³-hybridized carbons (Fsp3) is 0.475. The van der Waals surface area contributed by atoms with E-state index in [1.165, 1.54) is 5.57 Å². The number of fused-ring (bicyclic) bond motifs is 8. The number of hydrogen-bond donors (Lipinski definition) is 2. The summed E-state index contributed by atoms with van der Waals surface area (Å²) in [6, 6.07) is 24.0. The number of aliphatic hydroxyl groups excluding tert-OH is 1. The van der Waals surface area contributed by atoms with Crippen molar-refractivity contribution in [1.29, 1.82) is 0 Å². The van der Waals surface area contributed by atoms with Crippen LogP contribution in [0, 0.1) is 5.41 Å². The highest BCUT2D eigenvalue weighted by Crippen LogP contribution is 2.59. The number of para-hydroxylation sites is 2. The van der Waals surface area contributed by atoms with E-state index in [1.54, 1.807) is 7.11 Å². The molecular weight excluding hydrogens is 572 g/mol. The first kappa shape index (κ1) is 32.5. The minimum atomic E-state index is -0.898. The molecule has 0 amide bonds. The van der Waals surface area contributed by atoms with E-state index in [1.807, 2.05) is 48.5 Å². The van der Waals surface area contributed by atoms with Crippen molar-refractivity contribution < 1.29 is 19.7 Å². The zero-order valence-corrected chi connectivity index (χ0v) is 27.8. The normalized spacial score (nSPS) is 27.5. The van der Waals surface area contributed by atoms with Crippen LogP contribution in [0.4, 0.5) is 5.69 Å². The Morgan fingerprint density at radius 1 is 0.957 bits per heavy atom. The third-order valence-electron chi connectivity index (χ3n) is 11.2. The van der Waals surface area contributed by atoms with E-state index in [2.05, 4.69) is 54.0 Å². The number of ether oxygens (including phenoxy) is 1. The summed E-state index contributed by atoms with van der Waals surface area (Å²) in [7, 11) is 1.72. The van der Waals surface area contributed by atoms with Crippen molar-refractivity contribution in [2.75, 3.05) is 44.7 Å². The third kappa shape index (κ3) is 6.53. The Labute approximate surface area is 274 Å². The molecule has 4 aliphatic rings. The minimum Gasteiger partial charge on any atom is -0.495 e. The number of carbonyl (C=O) groups excluding carboxylic acids is 1. The summed E-state index contributed by atoms with van der Waals surface area (Å²) in [4.78, 5) is 18.9. The summed E-state index contributed by atoms with van der Waals surface area (Å²) in [5, 5.41) is 23.6. The molecule has 244 valence electrons. The van der Waals surface area contributed by atoms with Crippen LogP contribution >= 0.6 is 0 Å². The van der Waals surface area contributed by atoms with Gasteiger partial charge in [-0.1, -0.05) is 73.2 Å². The van der Waals surface area contributed by atoms with E-state index in [0.29, 0.717) is 36.9 Å². The lowest BCUT2D eigenvalue weighted by Crippen LogP contribution is -2.56. The highest BCUT2D eigenvalue weighted by Gasteiger charge is 2.57. The molecule has 3 aliphatic carbocycles. The van der Waals surface area contributed by atoms with Gasteiger partial charge < -0.3 is 19.8 Å². The standard InChI is InChI=1S/C40H50N2O4/c1-29-10-9-20-39(2)35(19-21-40(39,45)28-41-22-24-42(25-23-41)36-13-7-8-14-37(36)46-3)33-18-16-30(26-32(43)17-15-29)27-34(33)38(44)31-11-5-4-6-12-31/h4-8,10-14,16,18,27,32,35,43,45H,9,15,17,19-26,28H2,1-3H3/t32-,35-,39-,40+/m0/s1. The van der Waals surface area contributed by atoms with Gasteiger partial charge in [-0.25, -0.2) is 0 Å². The second-order valence-corrected chi connectivity index (χ2v) is 14.1. The highest BCUT2D eigenvalue weighted by molar-refractivity contribution is 6.10. The predicted molar refractivity (Wildman–Crippen MR) is 185 cm³/mol. The van der Waals surface area contributed by atoms with E-state index in [4.69, 9.17) is 4.74 Å². The molecule has 1 saturated carbocycles. The highest BCUT2D eigenvalue weighted by atomic mass is 16.5. The lowest BCUT2D eigenvalue weighted by atomic mass is 9.64. The van der Waals surface area contributed by atoms with Crippen LogP contribution in [0.1, 0.15) is 85.3 Å². The van der Waals surface area contributed by atoms with Gasteiger partial charge in [0.25, 0.3) is 0 Å². The maximum absolute atomic E-state index is 14.1. The molecule has 2 fully saturated rings. The average Bonchev–Trinajstić information content (AvgIpc) is 3.32. The number of nitrogens with zero attached hydrogens (tertiary/aromatic N) is 2. The van der Waals surface area contributed by atoms with Gasteiger partial charge in [0.1, 0.15) is 5.75 Å². The molecule has 1 aliphatic heterocycles. The number of methoxy groups -OCH3 is 1. The molecule has 46 heavy (non-hydrogen) atoms. The zero-order valence-electron chi connectivity index (χ0n) is 27.8. The van der Waals surface area contributed by atoms with Gasteiger partial charge in [-0.3, -0.25) is 9.69 Å². The first-order valence-electron chi connectivity index (χ1n) is 17.1. The van der Waals surface area contributed by atoms with Gasteiger partial charge in [0.2, 0.25) is 0 Å². The summed E-state index contributed by atoms with van der Waals surface area (Å²) < 4.78 is 5.63. The number of rotatable bonds is 6. The second kappa shape index (κ2) is 13.7. The average molecular weight is 623 g/mol. The molecule has 1 saturated heterocycles. The molecule has 0 radical (unpaired) electrons. The first-order valence-corrected chi connectivity index (χ1v) is 17.1. The van der Waals surface area contributed by atoms with Crippen LogP contribution in [-0.2, 0) is 6.42 Å². The van der Waals surface area contributed by atoms with E-state index < -0.39 is 17.1 Å². The van der Waals surface area contributed by atoms with Crippen molar-refractivity contribution >= 4 is 11.5 Å². The van der Waals surface area contributed by atoms with Crippen LogP contribution in [0.3, 0.4) is 0 Å². The van der Waals surface area contributed by atoms with Crippen LogP contribution in [0.5, 0.6) is 5.75 Å². The van der Waals surface area contributed by atoms with E-state index in [-0.39, 0.29) is 11.7 Å². The summed E-state index contributed by atoms with van der Waals surface area (Å²) >= 11 is 0. The van der Waals surface area contributed by atoms with Gasteiger partial charge in [0, 0.05) is 49.3 Å². The molecule has 1 heterocycles. The summed E-state index contributed by atoms with van der Waals surface area (Å²) in [5.41, 5.74) is 4.48. The molecule has 2 bridgehead atoms. The number of allylic oxidation sites excluding steroid dienone is 2. The van der Waals surface area contributed by atoms with Gasteiger partial charge in [-0.2, -0.15) is 0 Å². The molecule has 6 nitrogen and oxygen atoms in total. The van der Waals surface area contributed by atoms with Crippen LogP contribution < -0.4 is 9.64 Å². The number of piperazine rings is 1. The topological polar surface area (TPSA) is 73.2 Å². The van der Waals surface area contributed by atoms with Gasteiger partial charge in [-0.15, -0.1) is 0 Å². The molecule has 0 unspecified atom stereocenters. The molecule has 2 N–H and O–H groups in total. The Morgan fingerprint density at radius 2 is 1.70 bits per heavy atom. The smallest absolute Gasteiger partial charge is 0.193 e. The number of hydrogen-bond acceptors (Lipinski definition) is 6. The van der Waals surface area contributed by atoms with Crippen molar-refractivity contribution in [3.8, 4) is 5.75 Å². The van der Waals surface area contributed by atoms with Crippen LogP contribution in [0.25, 0.3) is 0 Å². The van der Waals surface area contributed by atoms with Gasteiger partial charge in [0.15, 0.2) is 5.78 Å². The third-order valence-corrected chi connectivity index (χ3v) is 11.2. The molecule has 7 rings (SSSR count). The van der Waals surface area contributed by atoms with Crippen molar-refractivity contribution in [3.05, 3.63) is 107 Å². The summed E-state index contributed by atoms with van der Waals surface area (Å²) in [5.74, 6) is 0.941. The minimum absolute atomic E-state index is 0.0139. The number of anilines is 1. The van der Waals surface area contributed by atoms with E-state index in [0.717, 1.165) is 74.4 Å². The predicted octanol–water partition coefficient (Wildman–Crippen LogP) is 6.79. The van der Waals surface area contributed by atoms with Crippen LogP contribution in [0.15, 0.2) is 84.4 Å². The SMILES string of the molecule is COc1ccccc1N1CCN(C[C@]2(O)CC[C@H]3c4ccc(cc4C(=O)c4ccccc4)C[C@@H](O)CCC(C)=CCC[C@@]32C)CC1. The Balaban J connectivity index is 1.32. The van der Waals surface area contributed by atoms with E-state index in [9.17, 15) is 15.0 Å². The molecule has 3 aromatic rings. The zero-order chi connectivity index (χ0) is 32.3. The fourth-order valence-corrected chi connectivity index (χ4v) is 8.35. The van der Waals surface area contributed by atoms with Crippen molar-refractivity contribution in [1.82, 2.24) is 4.90 Å². The quantitative estimate of drug-likeness (QED) is 0.233. The molecular formula is C40H50N2O4. The molecule has 0 aromatic heterocycles. The Bertz CT molecular complexity index is 1550. The fourth-order valence-electron chi connectivity index (χ4n) is 8.35. The van der Waals surface area contributed by atoms with Crippen molar-refractivity contribution in [2.24, 2.45) is 5.41 Å². The Hall–Kier alpha value is -3.45. The van der Waals surface area contributed by atoms with Crippen LogP contribution in [0.2, 0.25) is 0 Å². The number of benzene rings is 3. The number of carbonyl (C=O) groups is 1. The number of aliphatic hydroxyl groups is 2. The number of ketones is 1. The molecule has 0 spiro atoms. The molecule has 4 atom stereocenters. The Kier molecular flexibility index (Phi) is 9.69. The van der Waals surface area contributed by atoms with Gasteiger partial charge >= 0.3 is 0 Å². The number of β-amino-alcohol motifs (C(OH)–C–C–N with tert-alkyl or cyclic N) is 1. The molecule has 6 heteroatoms. The Morgan fingerprint density at radius 3 is 2.46 bits per heavy atom. The maximum atomic E-state index is 14.1. The van der Waals surface area contributed by atoms with Crippen molar-refractivity contribution in [3.63, 3.8) is 0 Å². The largest absolute Gasteiger partial charge is 0.495 e. The maximum Gasteiger partial charge on any atom is 0.193 e. The van der Waals surface area contributed by atoms with Gasteiger partial charge in [0.05, 0.1) is 24.5 Å². The monoisotopic (exact) mass is 622 g/mol.